The molecule has 4 heteroatoms. The molecular weight excluding hydrogens is 182 g/mol. The van der Waals surface area contributed by atoms with Crippen LogP contribution in [0.3, 0.4) is 0 Å². The van der Waals surface area contributed by atoms with Crippen molar-refractivity contribution in [2.75, 3.05) is 11.5 Å². The molecule has 0 radical (unpaired) electrons. The Morgan fingerprint density at radius 2 is 2.62 bits per heavy atom. The van der Waals surface area contributed by atoms with E-state index < -0.39 is 0 Å². The molecule has 2 rings (SSSR count). The SMILES string of the molecule is Cc1cn(CC2CCCS2)nc1N. The summed E-state index contributed by atoms with van der Waals surface area (Å²) in [5, 5.41) is 5.00. The van der Waals surface area contributed by atoms with Gasteiger partial charge in [0.2, 0.25) is 0 Å². The van der Waals surface area contributed by atoms with Gasteiger partial charge in [-0.1, -0.05) is 0 Å². The van der Waals surface area contributed by atoms with Crippen molar-refractivity contribution in [2.45, 2.75) is 31.6 Å². The highest BCUT2D eigenvalue weighted by Gasteiger charge is 2.16. The van der Waals surface area contributed by atoms with Crippen LogP contribution < -0.4 is 5.73 Å². The van der Waals surface area contributed by atoms with Crippen molar-refractivity contribution in [3.8, 4) is 0 Å². The Labute approximate surface area is 82.7 Å². The smallest absolute Gasteiger partial charge is 0.148 e. The molecule has 0 aromatic carbocycles. The Morgan fingerprint density at radius 3 is 3.15 bits per heavy atom. The molecule has 1 fully saturated rings. The fraction of sp³-hybridized carbons (Fsp3) is 0.667. The van der Waals surface area contributed by atoms with Crippen molar-refractivity contribution in [1.82, 2.24) is 9.78 Å². The number of thioether (sulfide) groups is 1. The van der Waals surface area contributed by atoms with Gasteiger partial charge in [-0.15, -0.1) is 0 Å². The van der Waals surface area contributed by atoms with Crippen LogP contribution in [-0.2, 0) is 6.54 Å². The number of aryl methyl sites for hydroxylation is 1. The number of aromatic nitrogens is 2. The number of nitrogen functional groups attached to an aromatic ring is 1. The van der Waals surface area contributed by atoms with E-state index in [1.165, 1.54) is 18.6 Å². The lowest BCUT2D eigenvalue weighted by Crippen LogP contribution is -2.10. The van der Waals surface area contributed by atoms with E-state index in [0.717, 1.165) is 17.4 Å². The second-order valence-electron chi connectivity index (χ2n) is 3.55. The van der Waals surface area contributed by atoms with Crippen LogP contribution in [0.15, 0.2) is 6.20 Å². The normalized spacial score (nSPS) is 22.4. The molecule has 0 spiro atoms. The molecule has 2 N–H and O–H groups in total. The Hall–Kier alpha value is -0.640. The van der Waals surface area contributed by atoms with Crippen LogP contribution in [0.2, 0.25) is 0 Å². The highest BCUT2D eigenvalue weighted by Crippen LogP contribution is 2.27. The third-order valence-electron chi connectivity index (χ3n) is 2.40. The fourth-order valence-corrected chi connectivity index (χ4v) is 2.88. The summed E-state index contributed by atoms with van der Waals surface area (Å²) in [6, 6.07) is 0. The molecule has 1 saturated heterocycles. The standard InChI is InChI=1S/C9H15N3S/c1-7-5-12(11-9(7)10)6-8-3-2-4-13-8/h5,8H,2-4,6H2,1H3,(H2,10,11). The topological polar surface area (TPSA) is 43.8 Å². The largest absolute Gasteiger partial charge is 0.382 e. The second kappa shape index (κ2) is 3.62. The highest BCUT2D eigenvalue weighted by atomic mass is 32.2. The average Bonchev–Trinajstić information content (AvgIpc) is 2.64. The molecule has 0 bridgehead atoms. The molecule has 2 heterocycles. The predicted octanol–water partition coefficient (Wildman–Crippen LogP) is 1.67. The van der Waals surface area contributed by atoms with Gasteiger partial charge in [0.15, 0.2) is 0 Å². The molecule has 0 amide bonds. The van der Waals surface area contributed by atoms with Crippen LogP contribution in [0.25, 0.3) is 0 Å². The summed E-state index contributed by atoms with van der Waals surface area (Å²) in [7, 11) is 0. The summed E-state index contributed by atoms with van der Waals surface area (Å²) in [5.74, 6) is 1.98. The summed E-state index contributed by atoms with van der Waals surface area (Å²) in [5.41, 5.74) is 6.76. The monoisotopic (exact) mass is 197 g/mol. The van der Waals surface area contributed by atoms with Crippen LogP contribution in [0, 0.1) is 6.92 Å². The van der Waals surface area contributed by atoms with Crippen LogP contribution >= 0.6 is 11.8 Å². The number of hydrogen-bond acceptors (Lipinski definition) is 3. The lowest BCUT2D eigenvalue weighted by Gasteiger charge is -2.07. The predicted molar refractivity (Wildman–Crippen MR) is 56.9 cm³/mol. The first-order valence-corrected chi connectivity index (χ1v) is 5.72. The van der Waals surface area contributed by atoms with Crippen LogP contribution in [0.4, 0.5) is 5.82 Å². The molecule has 1 unspecified atom stereocenters. The van der Waals surface area contributed by atoms with E-state index in [2.05, 4.69) is 16.9 Å². The van der Waals surface area contributed by atoms with Gasteiger partial charge in [-0.2, -0.15) is 16.9 Å². The molecule has 0 aliphatic carbocycles. The zero-order chi connectivity index (χ0) is 9.26. The lowest BCUT2D eigenvalue weighted by molar-refractivity contribution is 0.581. The minimum atomic E-state index is 0.669. The first-order valence-electron chi connectivity index (χ1n) is 4.67. The van der Waals surface area contributed by atoms with Gasteiger partial charge in [0.05, 0.1) is 6.54 Å². The van der Waals surface area contributed by atoms with Crippen LogP contribution in [0.5, 0.6) is 0 Å². The van der Waals surface area contributed by atoms with E-state index in [1.807, 2.05) is 17.8 Å². The first kappa shape index (κ1) is 8.94. The maximum absolute atomic E-state index is 5.68. The molecule has 1 aromatic rings. The number of hydrogen-bond donors (Lipinski definition) is 1. The number of rotatable bonds is 2. The molecule has 0 saturated carbocycles. The molecule has 1 aromatic heterocycles. The molecule has 1 atom stereocenters. The Bertz CT molecular complexity index is 270. The van der Waals surface area contributed by atoms with Crippen molar-refractivity contribution in [2.24, 2.45) is 0 Å². The second-order valence-corrected chi connectivity index (χ2v) is 4.96. The van der Waals surface area contributed by atoms with E-state index in [4.69, 9.17) is 5.73 Å². The van der Waals surface area contributed by atoms with Gasteiger partial charge in [0.25, 0.3) is 0 Å². The first-order chi connectivity index (χ1) is 6.25. The maximum Gasteiger partial charge on any atom is 0.148 e. The van der Waals surface area contributed by atoms with E-state index in [-0.39, 0.29) is 0 Å². The van der Waals surface area contributed by atoms with Crippen molar-refractivity contribution in [3.05, 3.63) is 11.8 Å². The van der Waals surface area contributed by atoms with Gasteiger partial charge >= 0.3 is 0 Å². The molecule has 1 aliphatic rings. The van der Waals surface area contributed by atoms with Crippen molar-refractivity contribution < 1.29 is 0 Å². The van der Waals surface area contributed by atoms with Gasteiger partial charge in [-0.05, 0) is 25.5 Å². The van der Waals surface area contributed by atoms with Crippen molar-refractivity contribution >= 4 is 17.6 Å². The lowest BCUT2D eigenvalue weighted by atomic mass is 10.2. The Balaban J connectivity index is 2.00. The van der Waals surface area contributed by atoms with E-state index in [0.29, 0.717) is 5.82 Å². The minimum Gasteiger partial charge on any atom is -0.382 e. The van der Waals surface area contributed by atoms with E-state index in [1.54, 1.807) is 0 Å². The zero-order valence-electron chi connectivity index (χ0n) is 7.86. The van der Waals surface area contributed by atoms with Gasteiger partial charge < -0.3 is 5.73 Å². The summed E-state index contributed by atoms with van der Waals surface area (Å²) in [6.07, 6.45) is 4.71. The molecule has 72 valence electrons. The summed E-state index contributed by atoms with van der Waals surface area (Å²) in [6.45, 7) is 3.02. The minimum absolute atomic E-state index is 0.669. The number of nitrogens with two attached hydrogens (primary N) is 1. The average molecular weight is 197 g/mol. The zero-order valence-corrected chi connectivity index (χ0v) is 8.68. The molecular formula is C9H15N3S. The third kappa shape index (κ3) is 1.99. The summed E-state index contributed by atoms with van der Waals surface area (Å²) < 4.78 is 1.98. The van der Waals surface area contributed by atoms with Crippen molar-refractivity contribution in [3.63, 3.8) is 0 Å². The summed E-state index contributed by atoms with van der Waals surface area (Å²) >= 11 is 2.05. The third-order valence-corrected chi connectivity index (χ3v) is 3.78. The molecule has 1 aliphatic heterocycles. The summed E-state index contributed by atoms with van der Waals surface area (Å²) in [4.78, 5) is 0. The van der Waals surface area contributed by atoms with E-state index >= 15 is 0 Å². The quantitative estimate of drug-likeness (QED) is 0.784. The maximum atomic E-state index is 5.68. The Kier molecular flexibility index (Phi) is 2.49. The Morgan fingerprint density at radius 1 is 1.77 bits per heavy atom. The van der Waals surface area contributed by atoms with Crippen LogP contribution in [-0.4, -0.2) is 20.8 Å². The van der Waals surface area contributed by atoms with Gasteiger partial charge in [0, 0.05) is 17.0 Å². The number of anilines is 1. The van der Waals surface area contributed by atoms with Gasteiger partial charge in [-0.25, -0.2) is 0 Å². The fourth-order valence-electron chi connectivity index (χ4n) is 1.63. The van der Waals surface area contributed by atoms with Crippen LogP contribution in [0.1, 0.15) is 18.4 Å². The highest BCUT2D eigenvalue weighted by molar-refractivity contribution is 8.00. The van der Waals surface area contributed by atoms with Crippen molar-refractivity contribution in [1.29, 1.82) is 0 Å². The molecule has 13 heavy (non-hydrogen) atoms. The molecule has 3 nitrogen and oxygen atoms in total. The van der Waals surface area contributed by atoms with E-state index in [9.17, 15) is 0 Å². The van der Waals surface area contributed by atoms with Gasteiger partial charge in [0.1, 0.15) is 5.82 Å². The van der Waals surface area contributed by atoms with Gasteiger partial charge in [-0.3, -0.25) is 4.68 Å². The number of nitrogens with zero attached hydrogens (tertiary/aromatic N) is 2.